The molecule has 0 aliphatic carbocycles. The number of carbonyl (C=O) groups is 1. The van der Waals surface area contributed by atoms with Crippen LogP contribution in [-0.2, 0) is 28.3 Å². The number of amides is 1. The first kappa shape index (κ1) is 54.2. The van der Waals surface area contributed by atoms with E-state index in [1.165, 1.54) is 34.6 Å². The molecule has 384 valence electrons. The van der Waals surface area contributed by atoms with Crippen LogP contribution in [0.3, 0.4) is 0 Å². The van der Waals surface area contributed by atoms with E-state index >= 15 is 0 Å². The first-order valence-electron chi connectivity index (χ1n) is 20.5. The van der Waals surface area contributed by atoms with Gasteiger partial charge in [0.2, 0.25) is 23.0 Å². The maximum absolute atomic E-state index is 13.9. The van der Waals surface area contributed by atoms with Crippen molar-refractivity contribution in [1.29, 1.82) is 0 Å². The number of fused-ring (bicyclic) bond motifs is 10. The predicted octanol–water partition coefficient (Wildman–Crippen LogP) is 8.13. The number of ether oxygens (including phenoxy) is 3. The number of aliphatic hydroxyl groups excluding tert-OH is 2. The number of nitrogens with one attached hydrogen (secondary N) is 1. The lowest BCUT2D eigenvalue weighted by atomic mass is 9.93. The Kier molecular flexibility index (Phi) is 15.4. The Bertz CT molecular complexity index is 2440. The highest BCUT2D eigenvalue weighted by Crippen LogP contribution is 2.47. The molecule has 2 unspecified atom stereocenters. The first-order valence-corrected chi connectivity index (χ1v) is 20.5. The molecule has 2 aliphatic heterocycles. The van der Waals surface area contributed by atoms with E-state index in [1.54, 1.807) is 0 Å². The largest absolute Gasteiger partial charge is 0.474 e. The Balaban J connectivity index is 0.000000263. The Labute approximate surface area is 381 Å². The Hall–Kier alpha value is -5.75. The standard InChI is InChI=1S/C22H26F6N4O6.C17H18F6N4O4/c1-10-5-6-11(33)7-8-20(35,22(26,27)28)17-32-31-16(37-17)14-13(29-18(34)38-19(2,3)4)9-12(21(23,24)25)15(30-14)36-10;1-7-2-3-8(28)4-5-15(29,17(21,22)23)14-27-26-13(31-14)11-10(24)6-9(16(18,19)20)12(25-11)30-7/h9-11,33,35H,5-8H2,1-4H3,(H,29,34);6-8,28-29H,2-5,24H2,1H3/t10-,11?,20-;7-,8?,15-/m11/s1. The minimum absolute atomic E-state index is 0.00267. The molecule has 8 bridgehead atoms. The molecule has 0 aromatic carbocycles. The van der Waals surface area contributed by atoms with Gasteiger partial charge in [0.15, 0.2) is 11.4 Å². The van der Waals surface area contributed by atoms with Crippen molar-refractivity contribution in [3.8, 4) is 34.9 Å². The number of aromatic nitrogens is 6. The van der Waals surface area contributed by atoms with E-state index in [2.05, 4.69) is 35.7 Å². The van der Waals surface area contributed by atoms with Crippen molar-refractivity contribution in [3.63, 3.8) is 0 Å². The fraction of sp³-hybridized carbons (Fsp3) is 0.615. The zero-order valence-corrected chi connectivity index (χ0v) is 36.7. The Morgan fingerprint density at radius 3 is 1.48 bits per heavy atom. The van der Waals surface area contributed by atoms with E-state index in [0.717, 1.165) is 0 Å². The SMILES string of the molecule is C[C@@H]1CCC(O)CC[C@](O)(C(F)(F)F)c2nnc(o2)-c2nc(c(C(F)(F)F)cc2N)O1.C[C@@H]1CCC(O)CC[C@](O)(C(F)(F)F)c2nnc(o2)-c2nc(c(C(F)(F)F)cc2NC(=O)OC(C)(C)C)O1. The maximum atomic E-state index is 13.9. The Morgan fingerprint density at radius 2 is 1.07 bits per heavy atom. The average Bonchev–Trinajstić information content (AvgIpc) is 3.90. The van der Waals surface area contributed by atoms with E-state index in [1.807, 2.05) is 0 Å². The van der Waals surface area contributed by atoms with Crippen LogP contribution in [0.2, 0.25) is 0 Å². The number of anilines is 2. The topological polar surface area (TPSA) is 267 Å². The smallest absolute Gasteiger partial charge is 0.426 e. The zero-order valence-electron chi connectivity index (χ0n) is 36.7. The van der Waals surface area contributed by atoms with Gasteiger partial charge in [-0.2, -0.15) is 52.7 Å². The molecule has 1 amide bonds. The fourth-order valence-electron chi connectivity index (χ4n) is 6.54. The lowest BCUT2D eigenvalue weighted by Crippen LogP contribution is -2.43. The van der Waals surface area contributed by atoms with E-state index in [9.17, 15) is 77.9 Å². The van der Waals surface area contributed by atoms with Gasteiger partial charge in [0.25, 0.3) is 23.6 Å². The van der Waals surface area contributed by atoms with Crippen LogP contribution in [0.25, 0.3) is 23.2 Å². The summed E-state index contributed by atoms with van der Waals surface area (Å²) in [6.45, 7) is 7.27. The van der Waals surface area contributed by atoms with Crippen molar-refractivity contribution in [1.82, 2.24) is 30.4 Å². The quantitative estimate of drug-likeness (QED) is 0.0982. The van der Waals surface area contributed by atoms with Gasteiger partial charge < -0.3 is 49.2 Å². The second kappa shape index (κ2) is 19.6. The molecule has 0 saturated carbocycles. The molecule has 7 N–H and O–H groups in total. The molecule has 2 aliphatic rings. The summed E-state index contributed by atoms with van der Waals surface area (Å²) in [5.74, 6) is -6.04. The molecular weight excluding hydrogens is 968 g/mol. The molecule has 6 rings (SSSR count). The van der Waals surface area contributed by atoms with E-state index in [4.69, 9.17) is 28.8 Å². The molecule has 0 saturated heterocycles. The number of pyridine rings is 2. The van der Waals surface area contributed by atoms with Gasteiger partial charge in [-0.05, 0) is 98.1 Å². The average molecular weight is 1010 g/mol. The number of nitrogens with zero attached hydrogens (tertiary/aromatic N) is 6. The number of halogens is 12. The molecule has 69 heavy (non-hydrogen) atoms. The second-order valence-electron chi connectivity index (χ2n) is 17.1. The number of nitrogens with two attached hydrogens (primary N) is 1. The monoisotopic (exact) mass is 1010 g/mol. The van der Waals surface area contributed by atoms with Gasteiger partial charge >= 0.3 is 30.8 Å². The van der Waals surface area contributed by atoms with Gasteiger partial charge in [-0.1, -0.05) is 0 Å². The third-order valence-electron chi connectivity index (χ3n) is 10.3. The van der Waals surface area contributed by atoms with Crippen LogP contribution < -0.4 is 20.5 Å². The molecule has 4 aromatic rings. The third kappa shape index (κ3) is 12.7. The van der Waals surface area contributed by atoms with Crippen LogP contribution in [0, 0.1) is 0 Å². The highest BCUT2D eigenvalue weighted by atomic mass is 19.4. The van der Waals surface area contributed by atoms with Gasteiger partial charge in [-0.25, -0.2) is 14.8 Å². The summed E-state index contributed by atoms with van der Waals surface area (Å²) in [7, 11) is 0. The molecule has 4 aromatic heterocycles. The number of hydrogen-bond acceptors (Lipinski definition) is 17. The number of aliphatic hydroxyl groups is 4. The lowest BCUT2D eigenvalue weighted by Gasteiger charge is -2.28. The molecule has 30 heteroatoms. The third-order valence-corrected chi connectivity index (χ3v) is 10.3. The summed E-state index contributed by atoms with van der Waals surface area (Å²) in [6, 6.07) is 0.930. The fourth-order valence-corrected chi connectivity index (χ4v) is 6.54. The van der Waals surface area contributed by atoms with Crippen LogP contribution in [0.4, 0.5) is 68.9 Å². The number of carbonyl (C=O) groups excluding carboxylic acids is 1. The minimum atomic E-state index is -5.32. The molecule has 6 atom stereocenters. The van der Waals surface area contributed by atoms with Crippen molar-refractivity contribution in [2.45, 2.75) is 152 Å². The van der Waals surface area contributed by atoms with Gasteiger partial charge in [-0.15, -0.1) is 20.4 Å². The van der Waals surface area contributed by atoms with Gasteiger partial charge in [-0.3, -0.25) is 5.32 Å². The van der Waals surface area contributed by atoms with Crippen molar-refractivity contribution >= 4 is 17.5 Å². The number of hydrogen-bond donors (Lipinski definition) is 6. The lowest BCUT2D eigenvalue weighted by molar-refractivity contribution is -0.278. The molecule has 0 spiro atoms. The predicted molar refractivity (Wildman–Crippen MR) is 208 cm³/mol. The molecular formula is C39H44F12N8O10. The summed E-state index contributed by atoms with van der Waals surface area (Å²) in [6.07, 6.45) is -29.6. The summed E-state index contributed by atoms with van der Waals surface area (Å²) >= 11 is 0. The van der Waals surface area contributed by atoms with Crippen molar-refractivity contribution < 1.29 is 101 Å². The van der Waals surface area contributed by atoms with E-state index in [0.29, 0.717) is 12.1 Å². The van der Waals surface area contributed by atoms with Crippen LogP contribution in [0.15, 0.2) is 21.0 Å². The normalized spacial score (nSPS) is 24.3. The maximum Gasteiger partial charge on any atom is 0.426 e. The van der Waals surface area contributed by atoms with Crippen molar-refractivity contribution in [3.05, 3.63) is 35.0 Å². The van der Waals surface area contributed by atoms with Crippen molar-refractivity contribution in [2.24, 2.45) is 0 Å². The summed E-state index contributed by atoms with van der Waals surface area (Å²) in [4.78, 5) is 19.8. The number of rotatable bonds is 1. The van der Waals surface area contributed by atoms with Crippen LogP contribution in [0.1, 0.15) is 109 Å². The molecule has 0 radical (unpaired) electrons. The molecule has 18 nitrogen and oxygen atoms in total. The highest BCUT2D eigenvalue weighted by Gasteiger charge is 2.60. The molecule has 6 heterocycles. The number of alkyl halides is 12. The van der Waals surface area contributed by atoms with Crippen LogP contribution in [0.5, 0.6) is 11.8 Å². The van der Waals surface area contributed by atoms with Gasteiger partial charge in [0.05, 0.1) is 35.8 Å². The summed E-state index contributed by atoms with van der Waals surface area (Å²) in [5.41, 5.74) is -7.91. The zero-order chi connectivity index (χ0) is 51.9. The van der Waals surface area contributed by atoms with Gasteiger partial charge in [0.1, 0.15) is 16.7 Å². The first-order chi connectivity index (χ1) is 31.5. The van der Waals surface area contributed by atoms with Crippen LogP contribution >= 0.6 is 0 Å². The van der Waals surface area contributed by atoms with Crippen molar-refractivity contribution in [2.75, 3.05) is 11.1 Å². The van der Waals surface area contributed by atoms with E-state index < -0.39 is 167 Å². The second-order valence-corrected chi connectivity index (χ2v) is 17.1. The summed E-state index contributed by atoms with van der Waals surface area (Å²) < 4.78 is 190. The van der Waals surface area contributed by atoms with Crippen LogP contribution in [-0.4, -0.2) is 99.3 Å². The van der Waals surface area contributed by atoms with E-state index in [-0.39, 0.29) is 25.7 Å². The minimum Gasteiger partial charge on any atom is -0.474 e. The number of nitrogen functional groups attached to an aromatic ring is 1. The highest BCUT2D eigenvalue weighted by molar-refractivity contribution is 5.89. The Morgan fingerprint density at radius 1 is 0.667 bits per heavy atom. The molecule has 0 fully saturated rings. The van der Waals surface area contributed by atoms with Gasteiger partial charge in [0, 0.05) is 0 Å². The summed E-state index contributed by atoms with van der Waals surface area (Å²) in [5, 5.41) is 56.2.